The number of halogens is 2. The van der Waals surface area contributed by atoms with Gasteiger partial charge in [-0.25, -0.2) is 14.1 Å². The highest BCUT2D eigenvalue weighted by atomic mass is 35.5. The van der Waals surface area contributed by atoms with Crippen LogP contribution in [0, 0.1) is 5.82 Å². The van der Waals surface area contributed by atoms with Crippen LogP contribution in [0.15, 0.2) is 48.9 Å². The molecule has 4 heterocycles. The topological polar surface area (TPSA) is 110 Å². The molecule has 2 N–H and O–H groups in total. The first-order valence-electron chi connectivity index (χ1n) is 11.6. The van der Waals surface area contributed by atoms with Crippen LogP contribution in [0.5, 0.6) is 0 Å². The maximum Gasteiger partial charge on any atom is 0.275 e. The standard InChI is InChI=1S/C25H25ClFN7O3/c1-32-23(5-6-29-32)30-22-9-21(20(26)10-28-22)34-12-17-8-19(14-37-2)33(25(36)24(17)31-34)11-16-7-18(27)4-3-15(16)13-35/h3-7,9-10,12,19,35H,8,11,13-14H2,1-2H3,(H,28,30)/t19-/m1/s1. The third kappa shape index (κ3) is 4.93. The van der Waals surface area contributed by atoms with Gasteiger partial charge < -0.3 is 20.1 Å². The number of anilines is 2. The number of hydrogen-bond donors (Lipinski definition) is 2. The molecule has 1 aromatic carbocycles. The van der Waals surface area contributed by atoms with Crippen molar-refractivity contribution in [1.82, 2.24) is 29.4 Å². The Bertz CT molecular complexity index is 1450. The number of nitrogens with one attached hydrogen (secondary N) is 1. The number of nitrogens with zero attached hydrogens (tertiary/aromatic N) is 6. The number of aliphatic hydroxyl groups excluding tert-OH is 1. The molecule has 5 rings (SSSR count). The van der Waals surface area contributed by atoms with Crippen molar-refractivity contribution in [2.45, 2.75) is 25.6 Å². The molecule has 0 spiro atoms. The van der Waals surface area contributed by atoms with Crippen LogP contribution in [0.3, 0.4) is 0 Å². The van der Waals surface area contributed by atoms with Gasteiger partial charge in [0.05, 0.1) is 42.4 Å². The molecule has 10 nitrogen and oxygen atoms in total. The monoisotopic (exact) mass is 525 g/mol. The van der Waals surface area contributed by atoms with Gasteiger partial charge in [-0.3, -0.25) is 9.48 Å². The summed E-state index contributed by atoms with van der Waals surface area (Å²) in [6.45, 7) is 0.138. The van der Waals surface area contributed by atoms with Crippen molar-refractivity contribution in [2.24, 2.45) is 7.05 Å². The minimum absolute atomic E-state index is 0.113. The van der Waals surface area contributed by atoms with Crippen LogP contribution in [0.4, 0.5) is 16.0 Å². The lowest BCUT2D eigenvalue weighted by Crippen LogP contribution is -2.47. The molecule has 1 amide bonds. The van der Waals surface area contributed by atoms with Gasteiger partial charge in [0.2, 0.25) is 0 Å². The van der Waals surface area contributed by atoms with Crippen molar-refractivity contribution < 1.29 is 19.0 Å². The van der Waals surface area contributed by atoms with Gasteiger partial charge in [-0.15, -0.1) is 0 Å². The summed E-state index contributed by atoms with van der Waals surface area (Å²) in [6.07, 6.45) is 5.45. The van der Waals surface area contributed by atoms with E-state index in [2.05, 4.69) is 20.5 Å². The van der Waals surface area contributed by atoms with E-state index in [1.54, 1.807) is 39.8 Å². The third-order valence-electron chi connectivity index (χ3n) is 6.35. The Hall–Kier alpha value is -3.80. The molecule has 0 radical (unpaired) electrons. The quantitative estimate of drug-likeness (QED) is 0.363. The zero-order valence-electron chi connectivity index (χ0n) is 20.2. The van der Waals surface area contributed by atoms with E-state index in [0.717, 1.165) is 11.4 Å². The maximum atomic E-state index is 14.0. The summed E-state index contributed by atoms with van der Waals surface area (Å²) in [6, 6.07) is 7.40. The van der Waals surface area contributed by atoms with Gasteiger partial charge in [-0.2, -0.15) is 10.2 Å². The van der Waals surface area contributed by atoms with Gasteiger partial charge in [-0.1, -0.05) is 17.7 Å². The number of aryl methyl sites for hydroxylation is 1. The second-order valence-corrected chi connectivity index (χ2v) is 9.16. The molecule has 1 aliphatic rings. The van der Waals surface area contributed by atoms with Crippen molar-refractivity contribution in [1.29, 1.82) is 0 Å². The Morgan fingerprint density at radius 2 is 2.11 bits per heavy atom. The van der Waals surface area contributed by atoms with E-state index >= 15 is 0 Å². The van der Waals surface area contributed by atoms with Crippen molar-refractivity contribution in [3.63, 3.8) is 0 Å². The molecule has 12 heteroatoms. The van der Waals surface area contributed by atoms with E-state index in [-0.39, 0.29) is 37.4 Å². The average Bonchev–Trinajstić information content (AvgIpc) is 3.49. The third-order valence-corrected chi connectivity index (χ3v) is 6.64. The summed E-state index contributed by atoms with van der Waals surface area (Å²) >= 11 is 6.46. The number of carbonyl (C=O) groups is 1. The molecular formula is C25H25ClFN7O3. The molecular weight excluding hydrogens is 501 g/mol. The molecule has 37 heavy (non-hydrogen) atoms. The minimum atomic E-state index is -0.437. The number of carbonyl (C=O) groups excluding carboxylic acids is 1. The fraction of sp³-hybridized carbons (Fsp3) is 0.280. The highest BCUT2D eigenvalue weighted by molar-refractivity contribution is 6.32. The molecule has 0 saturated heterocycles. The number of benzene rings is 1. The van der Waals surface area contributed by atoms with Crippen molar-refractivity contribution in [3.8, 4) is 5.69 Å². The van der Waals surface area contributed by atoms with Crippen LogP contribution < -0.4 is 5.32 Å². The fourth-order valence-corrected chi connectivity index (χ4v) is 4.64. The predicted molar refractivity (Wildman–Crippen MR) is 134 cm³/mol. The Morgan fingerprint density at radius 1 is 1.27 bits per heavy atom. The molecule has 192 valence electrons. The number of aromatic nitrogens is 5. The minimum Gasteiger partial charge on any atom is -0.392 e. The predicted octanol–water partition coefficient (Wildman–Crippen LogP) is 3.24. The van der Waals surface area contributed by atoms with Crippen LogP contribution in [0.25, 0.3) is 5.69 Å². The van der Waals surface area contributed by atoms with Crippen LogP contribution in [0.1, 0.15) is 27.2 Å². The second-order valence-electron chi connectivity index (χ2n) is 8.75. The molecule has 4 aromatic rings. The van der Waals surface area contributed by atoms with Crippen LogP contribution in [-0.2, 0) is 31.4 Å². The van der Waals surface area contributed by atoms with E-state index < -0.39 is 5.82 Å². The first-order chi connectivity index (χ1) is 17.9. The zero-order chi connectivity index (χ0) is 26.1. The zero-order valence-corrected chi connectivity index (χ0v) is 21.0. The Morgan fingerprint density at radius 3 is 2.84 bits per heavy atom. The number of hydrogen-bond acceptors (Lipinski definition) is 7. The molecule has 3 aromatic heterocycles. The molecule has 0 unspecified atom stereocenters. The number of aliphatic hydroxyl groups is 1. The van der Waals surface area contributed by atoms with Crippen molar-refractivity contribution in [3.05, 3.63) is 82.1 Å². The number of methoxy groups -OCH3 is 1. The molecule has 0 bridgehead atoms. The van der Waals surface area contributed by atoms with Gasteiger partial charge in [-0.05, 0) is 29.7 Å². The van der Waals surface area contributed by atoms with Gasteiger partial charge in [0, 0.05) is 44.6 Å². The Labute approximate surface area is 217 Å². The lowest BCUT2D eigenvalue weighted by atomic mass is 9.97. The molecule has 0 aliphatic carbocycles. The van der Waals surface area contributed by atoms with E-state index in [1.807, 2.05) is 13.1 Å². The van der Waals surface area contributed by atoms with Gasteiger partial charge in [0.25, 0.3) is 5.91 Å². The summed E-state index contributed by atoms with van der Waals surface area (Å²) in [7, 11) is 3.37. The van der Waals surface area contributed by atoms with E-state index in [4.69, 9.17) is 16.3 Å². The highest BCUT2D eigenvalue weighted by Gasteiger charge is 2.35. The first-order valence-corrected chi connectivity index (χ1v) is 11.9. The first kappa shape index (κ1) is 24.9. The number of rotatable bonds is 8. The summed E-state index contributed by atoms with van der Waals surface area (Å²) in [5, 5.41) is 22.0. The summed E-state index contributed by atoms with van der Waals surface area (Å²) in [4.78, 5) is 19.5. The van der Waals surface area contributed by atoms with Gasteiger partial charge in [0.1, 0.15) is 17.5 Å². The number of ether oxygens (including phenoxy) is 1. The summed E-state index contributed by atoms with van der Waals surface area (Å²) < 4.78 is 22.6. The van der Waals surface area contributed by atoms with E-state index in [9.17, 15) is 14.3 Å². The summed E-state index contributed by atoms with van der Waals surface area (Å²) in [5.74, 6) is 0.527. The number of amides is 1. The normalized spacial score (nSPS) is 15.2. The lowest BCUT2D eigenvalue weighted by molar-refractivity contribution is 0.0463. The SMILES string of the molecule is COC[C@H]1Cc2cn(-c3cc(Nc4ccnn4C)ncc3Cl)nc2C(=O)N1Cc1cc(F)ccc1CO. The van der Waals surface area contributed by atoms with Crippen LogP contribution in [-0.4, -0.2) is 60.2 Å². The lowest BCUT2D eigenvalue weighted by Gasteiger charge is -2.35. The van der Waals surface area contributed by atoms with Crippen molar-refractivity contribution >= 4 is 29.1 Å². The number of pyridine rings is 1. The second kappa shape index (κ2) is 10.3. The molecule has 1 aliphatic heterocycles. The number of fused-ring (bicyclic) bond motifs is 1. The molecule has 0 fully saturated rings. The van der Waals surface area contributed by atoms with Crippen LogP contribution in [0.2, 0.25) is 5.02 Å². The van der Waals surface area contributed by atoms with Gasteiger partial charge >= 0.3 is 0 Å². The largest absolute Gasteiger partial charge is 0.392 e. The van der Waals surface area contributed by atoms with E-state index in [1.165, 1.54) is 24.4 Å². The summed E-state index contributed by atoms with van der Waals surface area (Å²) in [5.41, 5.74) is 2.66. The smallest absolute Gasteiger partial charge is 0.275 e. The fourth-order valence-electron chi connectivity index (χ4n) is 4.45. The van der Waals surface area contributed by atoms with E-state index in [0.29, 0.717) is 34.1 Å². The Balaban J connectivity index is 1.47. The average molecular weight is 526 g/mol. The van der Waals surface area contributed by atoms with Gasteiger partial charge in [0.15, 0.2) is 5.69 Å². The Kier molecular flexibility index (Phi) is 6.92. The molecule has 1 atom stereocenters. The molecule has 0 saturated carbocycles. The maximum absolute atomic E-state index is 14.0. The van der Waals surface area contributed by atoms with Crippen LogP contribution >= 0.6 is 11.6 Å². The highest BCUT2D eigenvalue weighted by Crippen LogP contribution is 2.29. The van der Waals surface area contributed by atoms with Crippen molar-refractivity contribution in [2.75, 3.05) is 19.0 Å².